The standard InChI is InChI=1S/C22H36N2O3/c1-17(2)9-10-24(22(26)13-18(3)4)16-20-15-23(11-12-27-20)14-19-7-5-6-8-21(19)25/h5-8,17-18,20,25H,9-16H2,1-4H3. The Morgan fingerprint density at radius 3 is 2.67 bits per heavy atom. The molecule has 1 saturated heterocycles. The summed E-state index contributed by atoms with van der Waals surface area (Å²) in [6.07, 6.45) is 1.62. The molecule has 1 atom stereocenters. The van der Waals surface area contributed by atoms with Crippen LogP contribution in [0.2, 0.25) is 0 Å². The van der Waals surface area contributed by atoms with E-state index in [0.717, 1.165) is 31.6 Å². The van der Waals surface area contributed by atoms with E-state index in [9.17, 15) is 9.90 Å². The maximum atomic E-state index is 12.7. The smallest absolute Gasteiger partial charge is 0.222 e. The minimum Gasteiger partial charge on any atom is -0.508 e. The molecule has 1 aliphatic rings. The molecule has 1 amide bonds. The largest absolute Gasteiger partial charge is 0.508 e. The molecule has 1 aromatic rings. The van der Waals surface area contributed by atoms with Crippen molar-refractivity contribution in [2.24, 2.45) is 11.8 Å². The van der Waals surface area contributed by atoms with E-state index in [1.807, 2.05) is 23.1 Å². The number of aromatic hydroxyl groups is 1. The van der Waals surface area contributed by atoms with Gasteiger partial charge in [-0.25, -0.2) is 0 Å². The molecule has 152 valence electrons. The maximum Gasteiger partial charge on any atom is 0.222 e. The predicted octanol–water partition coefficient (Wildman–Crippen LogP) is 3.51. The van der Waals surface area contributed by atoms with Crippen LogP contribution in [0.1, 0.15) is 46.1 Å². The highest BCUT2D eigenvalue weighted by Crippen LogP contribution is 2.20. The summed E-state index contributed by atoms with van der Waals surface area (Å²) in [5.74, 6) is 1.51. The van der Waals surface area contributed by atoms with Gasteiger partial charge in [0.05, 0.1) is 12.7 Å². The van der Waals surface area contributed by atoms with Gasteiger partial charge in [0.15, 0.2) is 0 Å². The first kappa shape index (κ1) is 21.7. The first-order valence-corrected chi connectivity index (χ1v) is 10.2. The Kier molecular flexibility index (Phi) is 8.58. The van der Waals surface area contributed by atoms with Gasteiger partial charge in [0.25, 0.3) is 0 Å². The van der Waals surface area contributed by atoms with Gasteiger partial charge in [-0.05, 0) is 24.3 Å². The molecule has 1 aliphatic heterocycles. The molecule has 0 aromatic heterocycles. The summed E-state index contributed by atoms with van der Waals surface area (Å²) in [5.41, 5.74) is 0.936. The van der Waals surface area contributed by atoms with E-state index in [1.54, 1.807) is 6.07 Å². The van der Waals surface area contributed by atoms with Gasteiger partial charge in [-0.3, -0.25) is 9.69 Å². The fourth-order valence-electron chi connectivity index (χ4n) is 3.38. The third-order valence-electron chi connectivity index (χ3n) is 4.94. The minimum absolute atomic E-state index is 0.0212. The quantitative estimate of drug-likeness (QED) is 0.716. The second-order valence-corrected chi connectivity index (χ2v) is 8.48. The zero-order valence-corrected chi connectivity index (χ0v) is 17.4. The normalized spacial score (nSPS) is 18.2. The van der Waals surface area contributed by atoms with Crippen LogP contribution in [0.25, 0.3) is 0 Å². The van der Waals surface area contributed by atoms with E-state index in [2.05, 4.69) is 32.6 Å². The molecule has 1 heterocycles. The molecule has 1 unspecified atom stereocenters. The Balaban J connectivity index is 1.95. The average molecular weight is 377 g/mol. The van der Waals surface area contributed by atoms with Crippen molar-refractivity contribution in [1.29, 1.82) is 0 Å². The Morgan fingerprint density at radius 1 is 1.26 bits per heavy atom. The molecule has 27 heavy (non-hydrogen) atoms. The summed E-state index contributed by atoms with van der Waals surface area (Å²) in [6, 6.07) is 7.48. The summed E-state index contributed by atoms with van der Waals surface area (Å²) in [7, 11) is 0. The van der Waals surface area contributed by atoms with Crippen LogP contribution in [0.3, 0.4) is 0 Å². The third-order valence-corrected chi connectivity index (χ3v) is 4.94. The SMILES string of the molecule is CC(C)CCN(CC1CN(Cc2ccccc2O)CCO1)C(=O)CC(C)C. The maximum absolute atomic E-state index is 12.7. The lowest BCUT2D eigenvalue weighted by atomic mass is 10.1. The van der Waals surface area contributed by atoms with Crippen LogP contribution in [-0.4, -0.2) is 59.7 Å². The van der Waals surface area contributed by atoms with Crippen LogP contribution in [0.4, 0.5) is 0 Å². The van der Waals surface area contributed by atoms with Crippen molar-refractivity contribution in [2.45, 2.75) is 53.2 Å². The van der Waals surface area contributed by atoms with Gasteiger partial charge in [0, 0.05) is 44.7 Å². The Bertz CT molecular complexity index is 589. The van der Waals surface area contributed by atoms with E-state index in [1.165, 1.54) is 0 Å². The van der Waals surface area contributed by atoms with Crippen molar-refractivity contribution in [1.82, 2.24) is 9.80 Å². The fourth-order valence-corrected chi connectivity index (χ4v) is 3.38. The monoisotopic (exact) mass is 376 g/mol. The van der Waals surface area contributed by atoms with Crippen molar-refractivity contribution in [3.63, 3.8) is 0 Å². The van der Waals surface area contributed by atoms with Crippen LogP contribution in [0.5, 0.6) is 5.75 Å². The number of morpholine rings is 1. The average Bonchev–Trinajstić information content (AvgIpc) is 2.60. The molecule has 0 aliphatic carbocycles. The van der Waals surface area contributed by atoms with Crippen LogP contribution < -0.4 is 0 Å². The summed E-state index contributed by atoms with van der Waals surface area (Å²) in [4.78, 5) is 17.0. The highest BCUT2D eigenvalue weighted by atomic mass is 16.5. The van der Waals surface area contributed by atoms with E-state index in [0.29, 0.717) is 43.7 Å². The number of hydrogen-bond donors (Lipinski definition) is 1. The van der Waals surface area contributed by atoms with Gasteiger partial charge < -0.3 is 14.7 Å². The molecule has 1 fully saturated rings. The number of ether oxygens (including phenoxy) is 1. The summed E-state index contributed by atoms with van der Waals surface area (Å²) >= 11 is 0. The Hall–Kier alpha value is -1.59. The van der Waals surface area contributed by atoms with E-state index in [4.69, 9.17) is 4.74 Å². The summed E-state index contributed by atoms with van der Waals surface area (Å²) in [6.45, 7) is 13.0. The van der Waals surface area contributed by atoms with Gasteiger partial charge in [0.2, 0.25) is 5.91 Å². The van der Waals surface area contributed by atoms with Gasteiger partial charge in [-0.1, -0.05) is 45.9 Å². The molecular formula is C22H36N2O3. The number of rotatable bonds is 9. The number of carbonyl (C=O) groups excluding carboxylic acids is 1. The zero-order valence-electron chi connectivity index (χ0n) is 17.4. The molecule has 0 saturated carbocycles. The van der Waals surface area contributed by atoms with Gasteiger partial charge in [-0.2, -0.15) is 0 Å². The van der Waals surface area contributed by atoms with Gasteiger partial charge in [-0.15, -0.1) is 0 Å². The highest BCUT2D eigenvalue weighted by Gasteiger charge is 2.25. The zero-order chi connectivity index (χ0) is 19.8. The molecule has 0 spiro atoms. The van der Waals surface area contributed by atoms with Crippen molar-refractivity contribution in [3.8, 4) is 5.75 Å². The molecule has 5 heteroatoms. The van der Waals surface area contributed by atoms with Crippen LogP contribution in [0, 0.1) is 11.8 Å². The van der Waals surface area contributed by atoms with Crippen molar-refractivity contribution in [2.75, 3.05) is 32.8 Å². The summed E-state index contributed by atoms with van der Waals surface area (Å²) < 4.78 is 5.97. The first-order chi connectivity index (χ1) is 12.8. The lowest BCUT2D eigenvalue weighted by Gasteiger charge is -2.36. The van der Waals surface area contributed by atoms with Crippen LogP contribution >= 0.6 is 0 Å². The number of carbonyl (C=O) groups is 1. The van der Waals surface area contributed by atoms with Gasteiger partial charge >= 0.3 is 0 Å². The molecule has 0 radical (unpaired) electrons. The minimum atomic E-state index is 0.0212. The molecule has 2 rings (SSSR count). The molecule has 0 bridgehead atoms. The lowest BCUT2D eigenvalue weighted by Crippen LogP contribution is -2.49. The number of phenolic OH excluding ortho intramolecular Hbond substituents is 1. The molecule has 5 nitrogen and oxygen atoms in total. The number of benzene rings is 1. The fraction of sp³-hybridized carbons (Fsp3) is 0.682. The van der Waals surface area contributed by atoms with Crippen LogP contribution in [0.15, 0.2) is 24.3 Å². The van der Waals surface area contributed by atoms with E-state index < -0.39 is 0 Å². The molecular weight excluding hydrogens is 340 g/mol. The lowest BCUT2D eigenvalue weighted by molar-refractivity contribution is -0.135. The van der Waals surface area contributed by atoms with Crippen molar-refractivity contribution < 1.29 is 14.6 Å². The predicted molar refractivity (Wildman–Crippen MR) is 109 cm³/mol. The van der Waals surface area contributed by atoms with E-state index in [-0.39, 0.29) is 12.0 Å². The molecule has 1 N–H and O–H groups in total. The highest BCUT2D eigenvalue weighted by molar-refractivity contribution is 5.76. The number of nitrogens with zero attached hydrogens (tertiary/aromatic N) is 2. The van der Waals surface area contributed by atoms with Crippen LogP contribution in [-0.2, 0) is 16.1 Å². The van der Waals surface area contributed by atoms with Crippen molar-refractivity contribution >= 4 is 5.91 Å². The van der Waals surface area contributed by atoms with Gasteiger partial charge in [0.1, 0.15) is 5.75 Å². The topological polar surface area (TPSA) is 53.0 Å². The first-order valence-electron chi connectivity index (χ1n) is 10.2. The van der Waals surface area contributed by atoms with E-state index >= 15 is 0 Å². The second-order valence-electron chi connectivity index (χ2n) is 8.48. The van der Waals surface area contributed by atoms with Crippen molar-refractivity contribution in [3.05, 3.63) is 29.8 Å². The number of phenols is 1. The number of amides is 1. The Labute approximate surface area is 164 Å². The molecule has 1 aromatic carbocycles. The third kappa shape index (κ3) is 7.51. The second kappa shape index (κ2) is 10.7. The number of hydrogen-bond acceptors (Lipinski definition) is 4. The Morgan fingerprint density at radius 2 is 2.00 bits per heavy atom. The summed E-state index contributed by atoms with van der Waals surface area (Å²) in [5, 5.41) is 10.0. The number of para-hydroxylation sites is 1.